The molecular weight excluding hydrogens is 308 g/mol. The standard InChI is InChI=1S/C23H36O2/c1-5-16-10-12-22(3)17(14-16)6-7-18-19-8-9-21(25-15(2)24)23(19,4)13-11-20(18)22/h10,17-21H,5-9,11-14H2,1-4H3/t17-,18-,19-,20-,21-,22-,23-/m0/s1. The molecule has 140 valence electrons. The van der Waals surface area contributed by atoms with E-state index in [1.807, 2.05) is 0 Å². The van der Waals surface area contributed by atoms with Crippen molar-refractivity contribution in [3.8, 4) is 0 Å². The monoisotopic (exact) mass is 344 g/mol. The number of fused-ring (bicyclic) bond motifs is 5. The molecule has 2 heteroatoms. The predicted octanol–water partition coefficient (Wildman–Crippen LogP) is 5.91. The average molecular weight is 345 g/mol. The molecule has 0 aromatic heterocycles. The van der Waals surface area contributed by atoms with Crippen LogP contribution in [0.2, 0.25) is 0 Å². The van der Waals surface area contributed by atoms with Gasteiger partial charge in [-0.15, -0.1) is 0 Å². The van der Waals surface area contributed by atoms with Crippen LogP contribution in [-0.4, -0.2) is 12.1 Å². The van der Waals surface area contributed by atoms with Crippen molar-refractivity contribution >= 4 is 5.97 Å². The van der Waals surface area contributed by atoms with Gasteiger partial charge in [0, 0.05) is 12.3 Å². The molecule has 25 heavy (non-hydrogen) atoms. The second kappa shape index (κ2) is 6.13. The largest absolute Gasteiger partial charge is 0.462 e. The maximum atomic E-state index is 11.6. The van der Waals surface area contributed by atoms with E-state index in [-0.39, 0.29) is 17.5 Å². The minimum Gasteiger partial charge on any atom is -0.462 e. The number of ether oxygens (including phenoxy) is 1. The van der Waals surface area contributed by atoms with Crippen LogP contribution in [0.4, 0.5) is 0 Å². The van der Waals surface area contributed by atoms with Crippen LogP contribution in [0.3, 0.4) is 0 Å². The Morgan fingerprint density at radius 3 is 2.60 bits per heavy atom. The van der Waals surface area contributed by atoms with Gasteiger partial charge in [-0.05, 0) is 86.9 Å². The van der Waals surface area contributed by atoms with Gasteiger partial charge in [0.15, 0.2) is 0 Å². The molecule has 0 aromatic rings. The summed E-state index contributed by atoms with van der Waals surface area (Å²) in [5.74, 6) is 3.33. The third-order valence-corrected chi connectivity index (χ3v) is 9.08. The molecule has 0 aromatic carbocycles. The molecule has 0 amide bonds. The van der Waals surface area contributed by atoms with Crippen molar-refractivity contribution < 1.29 is 9.53 Å². The number of hydrogen-bond acceptors (Lipinski definition) is 2. The Hall–Kier alpha value is -0.790. The van der Waals surface area contributed by atoms with Crippen molar-refractivity contribution in [1.82, 2.24) is 0 Å². The van der Waals surface area contributed by atoms with Crippen LogP contribution in [0.15, 0.2) is 11.6 Å². The zero-order chi connectivity index (χ0) is 17.8. The van der Waals surface area contributed by atoms with Gasteiger partial charge in [-0.25, -0.2) is 0 Å². The van der Waals surface area contributed by atoms with Crippen LogP contribution in [0.1, 0.15) is 85.5 Å². The molecule has 0 unspecified atom stereocenters. The van der Waals surface area contributed by atoms with Gasteiger partial charge >= 0.3 is 5.97 Å². The maximum Gasteiger partial charge on any atom is 0.302 e. The SMILES string of the molecule is CCC1=CC[C@@]2(C)[C@@H](CC[C@@H]3[C@@H]2CC[C@]2(C)[C@@H](OC(C)=O)CC[C@@H]32)C1. The lowest BCUT2D eigenvalue weighted by atomic mass is 9.45. The Kier molecular flexibility index (Phi) is 4.32. The molecule has 2 nitrogen and oxygen atoms in total. The van der Waals surface area contributed by atoms with Gasteiger partial charge in [0.1, 0.15) is 6.10 Å². The Morgan fingerprint density at radius 2 is 1.88 bits per heavy atom. The molecule has 4 rings (SSSR count). The summed E-state index contributed by atoms with van der Waals surface area (Å²) < 4.78 is 5.78. The smallest absolute Gasteiger partial charge is 0.302 e. The molecular formula is C23H36O2. The first kappa shape index (κ1) is 17.6. The highest BCUT2D eigenvalue weighted by Gasteiger charge is 2.60. The van der Waals surface area contributed by atoms with Crippen LogP contribution in [-0.2, 0) is 9.53 Å². The first-order chi connectivity index (χ1) is 11.9. The summed E-state index contributed by atoms with van der Waals surface area (Å²) in [6.07, 6.45) is 14.4. The fourth-order valence-corrected chi connectivity index (χ4v) is 7.59. The van der Waals surface area contributed by atoms with E-state index >= 15 is 0 Å². The van der Waals surface area contributed by atoms with Crippen LogP contribution in [0.25, 0.3) is 0 Å². The molecule has 0 bridgehead atoms. The minimum atomic E-state index is -0.0887. The lowest BCUT2D eigenvalue weighted by molar-refractivity contribution is -0.159. The maximum absolute atomic E-state index is 11.6. The van der Waals surface area contributed by atoms with Gasteiger partial charge in [-0.1, -0.05) is 32.4 Å². The summed E-state index contributed by atoms with van der Waals surface area (Å²) in [5, 5.41) is 0. The fraction of sp³-hybridized carbons (Fsp3) is 0.870. The van der Waals surface area contributed by atoms with Crippen molar-refractivity contribution in [2.75, 3.05) is 0 Å². The third-order valence-electron chi connectivity index (χ3n) is 9.08. The summed E-state index contributed by atoms with van der Waals surface area (Å²) in [6.45, 7) is 8.94. The first-order valence-electron chi connectivity index (χ1n) is 10.7. The topological polar surface area (TPSA) is 26.3 Å². The normalized spacial score (nSPS) is 48.8. The van der Waals surface area contributed by atoms with E-state index in [9.17, 15) is 4.79 Å². The Labute approximate surface area is 153 Å². The highest BCUT2D eigenvalue weighted by Crippen LogP contribution is 2.66. The van der Waals surface area contributed by atoms with E-state index in [0.29, 0.717) is 5.41 Å². The average Bonchev–Trinajstić information content (AvgIpc) is 2.90. The quantitative estimate of drug-likeness (QED) is 0.460. The van der Waals surface area contributed by atoms with E-state index in [4.69, 9.17) is 4.74 Å². The van der Waals surface area contributed by atoms with Gasteiger partial charge < -0.3 is 4.74 Å². The van der Waals surface area contributed by atoms with Crippen LogP contribution >= 0.6 is 0 Å². The van der Waals surface area contributed by atoms with Crippen molar-refractivity contribution in [3.05, 3.63) is 11.6 Å². The molecule has 3 fully saturated rings. The third kappa shape index (κ3) is 2.61. The van der Waals surface area contributed by atoms with E-state index < -0.39 is 0 Å². The molecule has 3 saturated carbocycles. The zero-order valence-corrected chi connectivity index (χ0v) is 16.6. The van der Waals surface area contributed by atoms with Gasteiger partial charge in [-0.2, -0.15) is 0 Å². The summed E-state index contributed by atoms with van der Waals surface area (Å²) in [4.78, 5) is 11.6. The van der Waals surface area contributed by atoms with E-state index in [0.717, 1.165) is 30.1 Å². The number of carbonyl (C=O) groups is 1. The summed E-state index contributed by atoms with van der Waals surface area (Å²) in [6, 6.07) is 0. The van der Waals surface area contributed by atoms with Crippen molar-refractivity contribution in [2.24, 2.45) is 34.5 Å². The van der Waals surface area contributed by atoms with E-state index in [1.165, 1.54) is 51.4 Å². The zero-order valence-electron chi connectivity index (χ0n) is 16.6. The predicted molar refractivity (Wildman–Crippen MR) is 101 cm³/mol. The van der Waals surface area contributed by atoms with Crippen LogP contribution in [0, 0.1) is 34.5 Å². The highest BCUT2D eigenvalue weighted by atomic mass is 16.5. The minimum absolute atomic E-state index is 0.0887. The van der Waals surface area contributed by atoms with Crippen LogP contribution < -0.4 is 0 Å². The van der Waals surface area contributed by atoms with Gasteiger partial charge in [0.25, 0.3) is 0 Å². The highest BCUT2D eigenvalue weighted by molar-refractivity contribution is 5.66. The van der Waals surface area contributed by atoms with Gasteiger partial charge in [0.2, 0.25) is 0 Å². The van der Waals surface area contributed by atoms with E-state index in [1.54, 1.807) is 12.5 Å². The molecule has 0 heterocycles. The second-order valence-corrected chi connectivity index (χ2v) is 10.0. The summed E-state index contributed by atoms with van der Waals surface area (Å²) in [7, 11) is 0. The number of hydrogen-bond donors (Lipinski definition) is 0. The fourth-order valence-electron chi connectivity index (χ4n) is 7.59. The Balaban J connectivity index is 1.58. The lowest BCUT2D eigenvalue weighted by Gasteiger charge is -2.60. The molecule has 0 aliphatic heterocycles. The molecule has 0 radical (unpaired) electrons. The molecule has 4 aliphatic rings. The van der Waals surface area contributed by atoms with Crippen molar-refractivity contribution in [2.45, 2.75) is 91.6 Å². The number of carbonyl (C=O) groups excluding carboxylic acids is 1. The molecule has 0 spiro atoms. The summed E-state index contributed by atoms with van der Waals surface area (Å²) in [5.41, 5.74) is 2.45. The van der Waals surface area contributed by atoms with Gasteiger partial charge in [0.05, 0.1) is 0 Å². The molecule has 7 atom stereocenters. The Morgan fingerprint density at radius 1 is 1.12 bits per heavy atom. The van der Waals surface area contributed by atoms with Crippen LogP contribution in [0.5, 0.6) is 0 Å². The first-order valence-corrected chi connectivity index (χ1v) is 10.7. The van der Waals surface area contributed by atoms with Crippen molar-refractivity contribution in [1.29, 1.82) is 0 Å². The molecule has 4 aliphatic carbocycles. The number of rotatable bonds is 2. The summed E-state index contributed by atoms with van der Waals surface area (Å²) >= 11 is 0. The van der Waals surface area contributed by atoms with E-state index in [2.05, 4.69) is 26.8 Å². The molecule has 0 N–H and O–H groups in total. The number of allylic oxidation sites excluding steroid dienone is 2. The van der Waals surface area contributed by atoms with Crippen molar-refractivity contribution in [3.63, 3.8) is 0 Å². The van der Waals surface area contributed by atoms with Gasteiger partial charge in [-0.3, -0.25) is 4.79 Å². The molecule has 0 saturated heterocycles. The number of esters is 1. The lowest BCUT2D eigenvalue weighted by Crippen LogP contribution is -2.53. The Bertz CT molecular complexity index is 579. The second-order valence-electron chi connectivity index (χ2n) is 10.0.